The molecule has 1 saturated heterocycles. The second kappa shape index (κ2) is 9.28. The number of hydrazine groups is 1. The summed E-state index contributed by atoms with van der Waals surface area (Å²) in [6.07, 6.45) is 0.826. The van der Waals surface area contributed by atoms with Crippen molar-refractivity contribution in [3.8, 4) is 0 Å². The molecule has 1 fully saturated rings. The molecular weight excluding hydrogens is 449 g/mol. The van der Waals surface area contributed by atoms with E-state index in [9.17, 15) is 22.4 Å². The lowest BCUT2D eigenvalue weighted by Gasteiger charge is -2.35. The van der Waals surface area contributed by atoms with Crippen LogP contribution in [0, 0.1) is 5.82 Å². The van der Waals surface area contributed by atoms with Crippen molar-refractivity contribution in [1.82, 2.24) is 15.0 Å². The van der Waals surface area contributed by atoms with Crippen LogP contribution in [0.4, 0.5) is 10.1 Å². The first-order valence-corrected chi connectivity index (χ1v) is 12.0. The maximum Gasteiger partial charge on any atom is 0.290 e. The number of hydrogen-bond donors (Lipinski definition) is 2. The van der Waals surface area contributed by atoms with Crippen molar-refractivity contribution in [2.45, 2.75) is 36.7 Å². The van der Waals surface area contributed by atoms with Gasteiger partial charge in [0.25, 0.3) is 11.8 Å². The SMILES string of the molecule is CC1N=C(C(=O)N2CCC(NS(=O)(=O)c3ccc(F)cc3)CC2)NN(c2ccccc2)C1=O. The van der Waals surface area contributed by atoms with Crippen molar-refractivity contribution in [3.63, 3.8) is 0 Å². The van der Waals surface area contributed by atoms with E-state index in [0.717, 1.165) is 12.1 Å². The first kappa shape index (κ1) is 22.9. The van der Waals surface area contributed by atoms with Gasteiger partial charge in [-0.3, -0.25) is 15.0 Å². The highest BCUT2D eigenvalue weighted by Gasteiger charge is 2.34. The Balaban J connectivity index is 1.38. The lowest BCUT2D eigenvalue weighted by molar-refractivity contribution is -0.125. The lowest BCUT2D eigenvalue weighted by Crippen LogP contribution is -2.59. The van der Waals surface area contributed by atoms with Gasteiger partial charge in [0.1, 0.15) is 11.9 Å². The fraction of sp³-hybridized carbons (Fsp3) is 0.318. The lowest BCUT2D eigenvalue weighted by atomic mass is 10.1. The van der Waals surface area contributed by atoms with Crippen LogP contribution in [0.15, 0.2) is 64.5 Å². The smallest absolute Gasteiger partial charge is 0.290 e. The first-order chi connectivity index (χ1) is 15.7. The molecule has 33 heavy (non-hydrogen) atoms. The number of rotatable bonds is 5. The number of sulfonamides is 1. The number of halogens is 1. The van der Waals surface area contributed by atoms with Crippen molar-refractivity contribution in [2.24, 2.45) is 4.99 Å². The number of anilines is 1. The number of amidine groups is 1. The van der Waals surface area contributed by atoms with Crippen LogP contribution in [0.3, 0.4) is 0 Å². The van der Waals surface area contributed by atoms with Gasteiger partial charge in [-0.25, -0.2) is 27.5 Å². The maximum atomic E-state index is 13.1. The van der Waals surface area contributed by atoms with Crippen molar-refractivity contribution in [1.29, 1.82) is 0 Å². The fourth-order valence-electron chi connectivity index (χ4n) is 3.75. The fourth-order valence-corrected chi connectivity index (χ4v) is 5.05. The minimum Gasteiger partial charge on any atom is -0.336 e. The van der Waals surface area contributed by atoms with Gasteiger partial charge in [0, 0.05) is 19.1 Å². The third kappa shape index (κ3) is 5.04. The zero-order valence-corrected chi connectivity index (χ0v) is 18.8. The Morgan fingerprint density at radius 3 is 2.36 bits per heavy atom. The summed E-state index contributed by atoms with van der Waals surface area (Å²) in [7, 11) is -3.79. The average molecular weight is 474 g/mol. The molecule has 2 aliphatic rings. The molecular formula is C22H24FN5O4S. The third-order valence-corrected chi connectivity index (χ3v) is 7.10. The normalized spacial score (nSPS) is 19.8. The quantitative estimate of drug-likeness (QED) is 0.683. The zero-order chi connectivity index (χ0) is 23.6. The van der Waals surface area contributed by atoms with Crippen LogP contribution in [-0.4, -0.2) is 56.1 Å². The van der Waals surface area contributed by atoms with E-state index in [2.05, 4.69) is 15.1 Å². The zero-order valence-electron chi connectivity index (χ0n) is 17.9. The Morgan fingerprint density at radius 1 is 1.09 bits per heavy atom. The summed E-state index contributed by atoms with van der Waals surface area (Å²) in [5.41, 5.74) is 3.42. The molecule has 11 heteroatoms. The minimum atomic E-state index is -3.79. The molecule has 2 aromatic rings. The van der Waals surface area contributed by atoms with Gasteiger partial charge in [-0.05, 0) is 56.2 Å². The van der Waals surface area contributed by atoms with Crippen LogP contribution >= 0.6 is 0 Å². The Labute approximate surface area is 191 Å². The van der Waals surface area contributed by atoms with Crippen LogP contribution in [0.1, 0.15) is 19.8 Å². The number of nitrogens with one attached hydrogen (secondary N) is 2. The molecule has 0 aliphatic carbocycles. The number of para-hydroxylation sites is 1. The average Bonchev–Trinajstić information content (AvgIpc) is 2.81. The van der Waals surface area contributed by atoms with Crippen LogP contribution in [0.5, 0.6) is 0 Å². The molecule has 2 aromatic carbocycles. The standard InChI is InChI=1S/C22H24FN5O4S/c1-15-21(29)28(18-5-3-2-4-6-18)25-20(24-15)22(30)27-13-11-17(12-14-27)26-33(31,32)19-9-7-16(23)8-10-19/h2-10,15,17,26H,11-14H2,1H3,(H,24,25). The monoisotopic (exact) mass is 473 g/mol. The van der Waals surface area contributed by atoms with E-state index in [-0.39, 0.29) is 28.6 Å². The van der Waals surface area contributed by atoms with Gasteiger partial charge >= 0.3 is 0 Å². The summed E-state index contributed by atoms with van der Waals surface area (Å²) in [5, 5.41) is 1.31. The van der Waals surface area contributed by atoms with Crippen molar-refractivity contribution >= 4 is 33.4 Å². The van der Waals surface area contributed by atoms with E-state index in [1.54, 1.807) is 36.1 Å². The van der Waals surface area contributed by atoms with Crippen molar-refractivity contribution in [3.05, 3.63) is 60.4 Å². The highest BCUT2D eigenvalue weighted by atomic mass is 32.2. The van der Waals surface area contributed by atoms with E-state index in [1.807, 2.05) is 6.07 Å². The molecule has 2 amide bonds. The summed E-state index contributed by atoms with van der Waals surface area (Å²) in [6, 6.07) is 12.5. The maximum absolute atomic E-state index is 13.1. The molecule has 0 radical (unpaired) electrons. The second-order valence-electron chi connectivity index (χ2n) is 7.92. The molecule has 2 N–H and O–H groups in total. The summed E-state index contributed by atoms with van der Waals surface area (Å²) >= 11 is 0. The number of benzene rings is 2. The van der Waals surface area contributed by atoms with Crippen molar-refractivity contribution in [2.75, 3.05) is 18.1 Å². The number of aliphatic imine (C=N–C) groups is 1. The number of nitrogens with zero attached hydrogens (tertiary/aromatic N) is 3. The van der Waals surface area contributed by atoms with Gasteiger partial charge in [-0.15, -0.1) is 0 Å². The van der Waals surface area contributed by atoms with Crippen LogP contribution in [-0.2, 0) is 19.6 Å². The van der Waals surface area contributed by atoms with E-state index < -0.39 is 21.9 Å². The summed E-state index contributed by atoms with van der Waals surface area (Å²) in [5.74, 6) is -1.07. The number of likely N-dealkylation sites (tertiary alicyclic amines) is 1. The predicted molar refractivity (Wildman–Crippen MR) is 120 cm³/mol. The van der Waals surface area contributed by atoms with Gasteiger partial charge in [-0.1, -0.05) is 18.2 Å². The Bertz CT molecular complexity index is 1160. The highest BCUT2D eigenvalue weighted by Crippen LogP contribution is 2.19. The van der Waals surface area contributed by atoms with Crippen LogP contribution < -0.4 is 15.2 Å². The number of piperidine rings is 1. The number of carbonyl (C=O) groups excluding carboxylic acids is 2. The largest absolute Gasteiger partial charge is 0.336 e. The topological polar surface area (TPSA) is 111 Å². The van der Waals surface area contributed by atoms with Crippen LogP contribution in [0.25, 0.3) is 0 Å². The van der Waals surface area contributed by atoms with Gasteiger partial charge < -0.3 is 4.90 Å². The molecule has 9 nitrogen and oxygen atoms in total. The van der Waals surface area contributed by atoms with Crippen LogP contribution in [0.2, 0.25) is 0 Å². The molecule has 2 heterocycles. The molecule has 1 atom stereocenters. The Kier molecular flexibility index (Phi) is 6.43. The van der Waals surface area contributed by atoms with Gasteiger partial charge in [0.15, 0.2) is 0 Å². The van der Waals surface area contributed by atoms with Crippen molar-refractivity contribution < 1.29 is 22.4 Å². The molecule has 2 aliphatic heterocycles. The summed E-state index contributed by atoms with van der Waals surface area (Å²) in [6.45, 7) is 2.27. The first-order valence-electron chi connectivity index (χ1n) is 10.6. The van der Waals surface area contributed by atoms with E-state index in [0.29, 0.717) is 31.6 Å². The summed E-state index contributed by atoms with van der Waals surface area (Å²) < 4.78 is 40.8. The predicted octanol–water partition coefficient (Wildman–Crippen LogP) is 1.43. The van der Waals surface area contributed by atoms with Gasteiger partial charge in [-0.2, -0.15) is 0 Å². The van der Waals surface area contributed by atoms with E-state index in [1.165, 1.54) is 17.1 Å². The van der Waals surface area contributed by atoms with Gasteiger partial charge in [0.05, 0.1) is 10.6 Å². The minimum absolute atomic E-state index is 0.0113. The Hall–Kier alpha value is -3.31. The molecule has 4 rings (SSSR count). The molecule has 1 unspecified atom stereocenters. The van der Waals surface area contributed by atoms with Gasteiger partial charge in [0.2, 0.25) is 15.9 Å². The second-order valence-corrected chi connectivity index (χ2v) is 9.63. The highest BCUT2D eigenvalue weighted by molar-refractivity contribution is 7.89. The summed E-state index contributed by atoms with van der Waals surface area (Å²) in [4.78, 5) is 31.4. The van der Waals surface area contributed by atoms with E-state index >= 15 is 0 Å². The molecule has 0 saturated carbocycles. The third-order valence-electron chi connectivity index (χ3n) is 5.56. The molecule has 0 bridgehead atoms. The number of amides is 2. The molecule has 0 aromatic heterocycles. The number of carbonyl (C=O) groups is 2. The Morgan fingerprint density at radius 2 is 1.73 bits per heavy atom. The number of hydrogen-bond acceptors (Lipinski definition) is 6. The molecule has 0 spiro atoms. The van der Waals surface area contributed by atoms with E-state index in [4.69, 9.17) is 0 Å². The molecule has 174 valence electrons.